The Kier molecular flexibility index (Phi) is 7.00. The van der Waals surface area contributed by atoms with Crippen LogP contribution < -0.4 is 16.0 Å². The van der Waals surface area contributed by atoms with Gasteiger partial charge in [-0.25, -0.2) is 0 Å². The van der Waals surface area contributed by atoms with Crippen molar-refractivity contribution in [2.75, 3.05) is 25.0 Å². The van der Waals surface area contributed by atoms with E-state index in [1.54, 1.807) is 7.05 Å². The summed E-state index contributed by atoms with van der Waals surface area (Å²) in [5, 5.41) is 2.44. The highest BCUT2D eigenvalue weighted by Gasteiger charge is 2.11. The molecule has 1 aromatic rings. The molecule has 0 aliphatic rings. The molecule has 18 heavy (non-hydrogen) atoms. The van der Waals surface area contributed by atoms with Crippen molar-refractivity contribution in [2.24, 2.45) is 5.73 Å². The van der Waals surface area contributed by atoms with Gasteiger partial charge in [0.1, 0.15) is 0 Å². The maximum atomic E-state index is 11.7. The molecule has 0 aromatic heterocycles. The monoisotopic (exact) mass is 271 g/mol. The zero-order valence-corrected chi connectivity index (χ0v) is 11.3. The normalized spacial score (nSPS) is 9.28. The topological polar surface area (TPSA) is 75.4 Å². The summed E-state index contributed by atoms with van der Waals surface area (Å²) in [5.74, 6) is -0.520. The number of aryl methyl sites for hydroxylation is 1. The van der Waals surface area contributed by atoms with Crippen LogP contribution >= 0.6 is 12.4 Å². The molecule has 0 bridgehead atoms. The summed E-state index contributed by atoms with van der Waals surface area (Å²) in [6.45, 7) is 1.81. The molecule has 2 amide bonds. The highest BCUT2D eigenvalue weighted by atomic mass is 35.5. The van der Waals surface area contributed by atoms with Crippen molar-refractivity contribution in [2.45, 2.75) is 6.92 Å². The van der Waals surface area contributed by atoms with Crippen LogP contribution in [0.15, 0.2) is 24.3 Å². The fraction of sp³-hybridized carbons (Fsp3) is 0.333. The van der Waals surface area contributed by atoms with E-state index in [1.807, 2.05) is 31.2 Å². The Morgan fingerprint density at radius 3 is 2.61 bits per heavy atom. The van der Waals surface area contributed by atoms with Crippen molar-refractivity contribution in [1.29, 1.82) is 0 Å². The van der Waals surface area contributed by atoms with Gasteiger partial charge in [-0.05, 0) is 24.6 Å². The minimum atomic E-state index is -0.337. The predicted molar refractivity (Wildman–Crippen MR) is 73.9 cm³/mol. The van der Waals surface area contributed by atoms with E-state index < -0.39 is 0 Å². The van der Waals surface area contributed by atoms with Gasteiger partial charge in [-0.3, -0.25) is 9.59 Å². The summed E-state index contributed by atoms with van der Waals surface area (Å²) in [4.78, 5) is 24.2. The molecule has 6 heteroatoms. The molecule has 5 nitrogen and oxygen atoms in total. The second-order valence-corrected chi connectivity index (χ2v) is 3.77. The fourth-order valence-electron chi connectivity index (χ4n) is 1.35. The summed E-state index contributed by atoms with van der Waals surface area (Å²) in [5.41, 5.74) is 7.01. The van der Waals surface area contributed by atoms with E-state index in [9.17, 15) is 9.59 Å². The van der Waals surface area contributed by atoms with Gasteiger partial charge in [-0.2, -0.15) is 0 Å². The number of hydrogen-bond acceptors (Lipinski definition) is 3. The number of rotatable bonds is 4. The number of benzene rings is 1. The van der Waals surface area contributed by atoms with Gasteiger partial charge in [0.05, 0.1) is 13.1 Å². The lowest BCUT2D eigenvalue weighted by molar-refractivity contribution is -0.124. The molecule has 0 atom stereocenters. The number of hydrogen-bond donors (Lipinski definition) is 2. The number of likely N-dealkylation sites (N-methyl/N-ethyl adjacent to an activating group) is 1. The van der Waals surface area contributed by atoms with E-state index in [0.717, 1.165) is 11.3 Å². The quantitative estimate of drug-likeness (QED) is 0.835. The number of halogens is 1. The molecular formula is C12H18ClN3O2. The fourth-order valence-corrected chi connectivity index (χ4v) is 1.35. The molecule has 3 N–H and O–H groups in total. The predicted octanol–water partition coefficient (Wildman–Crippen LogP) is 0.455. The Balaban J connectivity index is 0.00000289. The maximum Gasteiger partial charge on any atom is 0.246 e. The Morgan fingerprint density at radius 1 is 1.39 bits per heavy atom. The smallest absolute Gasteiger partial charge is 0.246 e. The molecule has 0 fully saturated rings. The average Bonchev–Trinajstić information content (AvgIpc) is 2.34. The molecule has 1 aromatic carbocycles. The molecule has 100 valence electrons. The molecule has 0 aliphatic heterocycles. The second kappa shape index (κ2) is 7.68. The number of amides is 2. The number of carbonyl (C=O) groups excluding carboxylic acids is 2. The van der Waals surface area contributed by atoms with Gasteiger partial charge < -0.3 is 16.0 Å². The van der Waals surface area contributed by atoms with Crippen molar-refractivity contribution in [1.82, 2.24) is 5.32 Å². The zero-order chi connectivity index (χ0) is 12.8. The number of nitrogens with two attached hydrogens (primary N) is 1. The summed E-state index contributed by atoms with van der Waals surface area (Å²) < 4.78 is 0. The molecule has 0 radical (unpaired) electrons. The third kappa shape index (κ3) is 4.73. The lowest BCUT2D eigenvalue weighted by atomic mass is 10.2. The standard InChI is InChI=1S/C12H17N3O2.ClH/c1-9-4-3-5-10(6-9)15(2)12(17)8-14-11(16)7-13;/h3-6H,7-8,13H2,1-2H3,(H,14,16);1H. The highest BCUT2D eigenvalue weighted by Crippen LogP contribution is 2.13. The van der Waals surface area contributed by atoms with Crippen molar-refractivity contribution >= 4 is 29.9 Å². The van der Waals surface area contributed by atoms with Crippen LogP contribution in [0.5, 0.6) is 0 Å². The van der Waals surface area contributed by atoms with Crippen LogP contribution in [-0.2, 0) is 9.59 Å². The third-order valence-electron chi connectivity index (χ3n) is 2.39. The molecular weight excluding hydrogens is 254 g/mol. The number of carbonyl (C=O) groups is 2. The molecule has 0 saturated carbocycles. The Morgan fingerprint density at radius 2 is 2.06 bits per heavy atom. The first-order valence-corrected chi connectivity index (χ1v) is 5.34. The van der Waals surface area contributed by atoms with Gasteiger partial charge >= 0.3 is 0 Å². The van der Waals surface area contributed by atoms with Gasteiger partial charge in [0.2, 0.25) is 11.8 Å². The minimum Gasteiger partial charge on any atom is -0.346 e. The van der Waals surface area contributed by atoms with Gasteiger partial charge in [0, 0.05) is 12.7 Å². The van der Waals surface area contributed by atoms with Crippen LogP contribution in [0.25, 0.3) is 0 Å². The van der Waals surface area contributed by atoms with E-state index in [2.05, 4.69) is 5.32 Å². The van der Waals surface area contributed by atoms with Crippen molar-refractivity contribution in [3.8, 4) is 0 Å². The lowest BCUT2D eigenvalue weighted by Crippen LogP contribution is -2.40. The lowest BCUT2D eigenvalue weighted by Gasteiger charge is -2.18. The first kappa shape index (κ1) is 16.4. The molecule has 1 rings (SSSR count). The number of nitrogens with one attached hydrogen (secondary N) is 1. The van der Waals surface area contributed by atoms with E-state index in [1.165, 1.54) is 4.90 Å². The van der Waals surface area contributed by atoms with Gasteiger partial charge in [-0.15, -0.1) is 12.4 Å². The number of anilines is 1. The van der Waals surface area contributed by atoms with Crippen molar-refractivity contribution in [3.05, 3.63) is 29.8 Å². The van der Waals surface area contributed by atoms with Crippen LogP contribution in [-0.4, -0.2) is 32.0 Å². The zero-order valence-electron chi connectivity index (χ0n) is 10.5. The van der Waals surface area contributed by atoms with E-state index in [4.69, 9.17) is 5.73 Å². The van der Waals surface area contributed by atoms with Crippen LogP contribution in [0.4, 0.5) is 5.69 Å². The molecule has 0 spiro atoms. The van der Waals surface area contributed by atoms with Gasteiger partial charge in [0.25, 0.3) is 0 Å². The summed E-state index contributed by atoms with van der Waals surface area (Å²) >= 11 is 0. The average molecular weight is 272 g/mol. The van der Waals surface area contributed by atoms with Gasteiger partial charge in [-0.1, -0.05) is 12.1 Å². The van der Waals surface area contributed by atoms with E-state index in [0.29, 0.717) is 0 Å². The van der Waals surface area contributed by atoms with E-state index >= 15 is 0 Å². The minimum absolute atomic E-state index is 0. The summed E-state index contributed by atoms with van der Waals surface area (Å²) in [6, 6.07) is 7.59. The van der Waals surface area contributed by atoms with Crippen molar-refractivity contribution < 1.29 is 9.59 Å². The van der Waals surface area contributed by atoms with Gasteiger partial charge in [0.15, 0.2) is 0 Å². The summed E-state index contributed by atoms with van der Waals surface area (Å²) in [6.07, 6.45) is 0. The molecule has 0 aliphatic carbocycles. The Bertz CT molecular complexity index is 424. The Labute approximate surface area is 113 Å². The van der Waals surface area contributed by atoms with Crippen LogP contribution in [0, 0.1) is 6.92 Å². The first-order valence-electron chi connectivity index (χ1n) is 5.34. The SMILES string of the molecule is Cc1cccc(N(C)C(=O)CNC(=O)CN)c1.Cl. The second-order valence-electron chi connectivity index (χ2n) is 3.77. The first-order chi connectivity index (χ1) is 8.04. The highest BCUT2D eigenvalue weighted by molar-refractivity contribution is 5.96. The molecule has 0 saturated heterocycles. The molecule has 0 heterocycles. The third-order valence-corrected chi connectivity index (χ3v) is 2.39. The van der Waals surface area contributed by atoms with Crippen LogP contribution in [0.3, 0.4) is 0 Å². The van der Waals surface area contributed by atoms with E-state index in [-0.39, 0.29) is 37.3 Å². The van der Waals surface area contributed by atoms with Crippen LogP contribution in [0.1, 0.15) is 5.56 Å². The van der Waals surface area contributed by atoms with Crippen LogP contribution in [0.2, 0.25) is 0 Å². The molecule has 0 unspecified atom stereocenters. The summed E-state index contributed by atoms with van der Waals surface area (Å²) in [7, 11) is 1.67. The van der Waals surface area contributed by atoms with Crippen molar-refractivity contribution in [3.63, 3.8) is 0 Å². The Hall–Kier alpha value is -1.59. The maximum absolute atomic E-state index is 11.7. The number of nitrogens with zero attached hydrogens (tertiary/aromatic N) is 1. The largest absolute Gasteiger partial charge is 0.346 e.